The first-order valence-electron chi connectivity index (χ1n) is 5.42. The van der Waals surface area contributed by atoms with Gasteiger partial charge in [0.2, 0.25) is 0 Å². The van der Waals surface area contributed by atoms with Gasteiger partial charge in [0.1, 0.15) is 0 Å². The minimum Gasteiger partial charge on any atom is -0.481 e. The van der Waals surface area contributed by atoms with Gasteiger partial charge in [-0.1, -0.05) is 23.2 Å². The van der Waals surface area contributed by atoms with E-state index in [-0.39, 0.29) is 0 Å². The van der Waals surface area contributed by atoms with E-state index in [2.05, 4.69) is 5.32 Å². The molecule has 19 heavy (non-hydrogen) atoms. The molecule has 2 N–H and O–H groups in total. The summed E-state index contributed by atoms with van der Waals surface area (Å²) < 4.78 is 0.580. The molecule has 104 valence electrons. The van der Waals surface area contributed by atoms with Crippen molar-refractivity contribution in [3.8, 4) is 0 Å². The number of benzene rings is 1. The fourth-order valence-electron chi connectivity index (χ4n) is 1.34. The van der Waals surface area contributed by atoms with Gasteiger partial charge in [0.05, 0.1) is 16.5 Å². The number of carboxylic acids is 1. The highest BCUT2D eigenvalue weighted by molar-refractivity contribution is 14.1. The molecule has 1 aromatic rings. The van der Waals surface area contributed by atoms with Gasteiger partial charge in [0, 0.05) is 14.6 Å². The number of halogens is 3. The van der Waals surface area contributed by atoms with Gasteiger partial charge in [-0.15, -0.1) is 0 Å². The smallest absolute Gasteiger partial charge is 0.308 e. The van der Waals surface area contributed by atoms with Crippen molar-refractivity contribution in [2.24, 2.45) is 5.92 Å². The van der Waals surface area contributed by atoms with E-state index in [0.717, 1.165) is 0 Å². The molecule has 0 aromatic heterocycles. The fourth-order valence-corrected chi connectivity index (χ4v) is 2.39. The van der Waals surface area contributed by atoms with Gasteiger partial charge >= 0.3 is 5.97 Å². The number of nitrogens with one attached hydrogen (secondary N) is 1. The zero-order valence-corrected chi connectivity index (χ0v) is 13.9. The van der Waals surface area contributed by atoms with Crippen LogP contribution in [0.1, 0.15) is 24.2 Å². The molecule has 0 heterocycles. The van der Waals surface area contributed by atoms with Crippen molar-refractivity contribution < 1.29 is 14.7 Å². The molecular weight excluding hydrogens is 404 g/mol. The van der Waals surface area contributed by atoms with E-state index in [1.807, 2.05) is 22.6 Å². The van der Waals surface area contributed by atoms with E-state index in [1.54, 1.807) is 13.0 Å². The van der Waals surface area contributed by atoms with Crippen LogP contribution in [-0.2, 0) is 4.79 Å². The van der Waals surface area contributed by atoms with Crippen molar-refractivity contribution in [1.29, 1.82) is 0 Å². The monoisotopic (exact) mass is 415 g/mol. The molecule has 2 atom stereocenters. The van der Waals surface area contributed by atoms with Gasteiger partial charge in [0.25, 0.3) is 5.91 Å². The Kier molecular flexibility index (Phi) is 5.88. The Morgan fingerprint density at radius 3 is 2.42 bits per heavy atom. The second kappa shape index (κ2) is 6.76. The van der Waals surface area contributed by atoms with Crippen molar-refractivity contribution in [1.82, 2.24) is 5.32 Å². The predicted octanol–water partition coefficient (Wildman–Crippen LogP) is 3.44. The van der Waals surface area contributed by atoms with Crippen LogP contribution in [0, 0.1) is 9.49 Å². The minimum atomic E-state index is -0.966. The van der Waals surface area contributed by atoms with E-state index >= 15 is 0 Å². The maximum Gasteiger partial charge on any atom is 0.308 e. The Labute approximate surface area is 134 Å². The Morgan fingerprint density at radius 1 is 1.32 bits per heavy atom. The molecule has 0 aliphatic heterocycles. The van der Waals surface area contributed by atoms with Crippen LogP contribution < -0.4 is 5.32 Å². The molecule has 0 saturated heterocycles. The van der Waals surface area contributed by atoms with Crippen LogP contribution in [-0.4, -0.2) is 23.0 Å². The molecule has 1 rings (SSSR count). The normalized spacial score (nSPS) is 13.7. The molecule has 0 spiro atoms. The summed E-state index contributed by atoms with van der Waals surface area (Å²) in [5.41, 5.74) is 0.336. The van der Waals surface area contributed by atoms with Gasteiger partial charge in [-0.2, -0.15) is 0 Å². The fraction of sp³-hybridized carbons (Fsp3) is 0.333. The minimum absolute atomic E-state index is 0.336. The molecule has 4 nitrogen and oxygen atoms in total. The quantitative estimate of drug-likeness (QED) is 0.584. The van der Waals surface area contributed by atoms with Crippen LogP contribution in [0.25, 0.3) is 0 Å². The Hall–Kier alpha value is -0.530. The Morgan fingerprint density at radius 2 is 1.89 bits per heavy atom. The SMILES string of the molecule is CC(NC(=O)c1cc(Cl)cc(Cl)c1I)C(C)C(=O)O. The third-order valence-corrected chi connectivity index (χ3v) is 4.73. The molecule has 0 aliphatic carbocycles. The van der Waals surface area contributed by atoms with Crippen molar-refractivity contribution in [3.63, 3.8) is 0 Å². The van der Waals surface area contributed by atoms with Crippen LogP contribution in [0.3, 0.4) is 0 Å². The van der Waals surface area contributed by atoms with Crippen molar-refractivity contribution >= 4 is 57.7 Å². The zero-order valence-electron chi connectivity index (χ0n) is 10.2. The van der Waals surface area contributed by atoms with Crippen LogP contribution in [0.2, 0.25) is 10.0 Å². The van der Waals surface area contributed by atoms with E-state index < -0.39 is 23.8 Å². The molecule has 2 unspecified atom stereocenters. The largest absolute Gasteiger partial charge is 0.481 e. The molecule has 0 radical (unpaired) electrons. The highest BCUT2D eigenvalue weighted by Gasteiger charge is 2.23. The van der Waals surface area contributed by atoms with E-state index in [9.17, 15) is 9.59 Å². The third-order valence-electron chi connectivity index (χ3n) is 2.74. The molecule has 1 amide bonds. The van der Waals surface area contributed by atoms with Crippen LogP contribution in [0.4, 0.5) is 0 Å². The molecule has 0 bridgehead atoms. The van der Waals surface area contributed by atoms with Gasteiger partial charge in [0.15, 0.2) is 0 Å². The van der Waals surface area contributed by atoms with Gasteiger partial charge in [-0.3, -0.25) is 9.59 Å². The number of hydrogen-bond acceptors (Lipinski definition) is 2. The molecule has 0 saturated carbocycles. The highest BCUT2D eigenvalue weighted by Crippen LogP contribution is 2.27. The lowest BCUT2D eigenvalue weighted by atomic mass is 10.0. The first kappa shape index (κ1) is 16.5. The van der Waals surface area contributed by atoms with Crippen molar-refractivity contribution in [2.75, 3.05) is 0 Å². The summed E-state index contributed by atoms with van der Waals surface area (Å²) in [7, 11) is 0. The summed E-state index contributed by atoms with van der Waals surface area (Å²) in [6.45, 7) is 3.17. The average Bonchev–Trinajstić information content (AvgIpc) is 2.32. The Balaban J connectivity index is 2.93. The second-order valence-corrected chi connectivity index (χ2v) is 6.06. The third kappa shape index (κ3) is 4.22. The summed E-state index contributed by atoms with van der Waals surface area (Å²) >= 11 is 13.7. The molecular formula is C12H12Cl2INO3. The maximum atomic E-state index is 12.1. The molecule has 0 fully saturated rings. The number of aliphatic carboxylic acids is 1. The second-order valence-electron chi connectivity index (χ2n) is 4.14. The summed E-state index contributed by atoms with van der Waals surface area (Å²) in [5.74, 6) is -2.04. The summed E-state index contributed by atoms with van der Waals surface area (Å²) in [6.07, 6.45) is 0. The lowest BCUT2D eigenvalue weighted by molar-refractivity contribution is -0.141. The first-order chi connectivity index (χ1) is 8.73. The summed E-state index contributed by atoms with van der Waals surface area (Å²) in [6, 6.07) is 2.55. The number of hydrogen-bond donors (Lipinski definition) is 2. The van der Waals surface area contributed by atoms with E-state index in [0.29, 0.717) is 19.2 Å². The number of carbonyl (C=O) groups excluding carboxylic acids is 1. The number of amides is 1. The van der Waals surface area contributed by atoms with Gasteiger partial charge < -0.3 is 10.4 Å². The van der Waals surface area contributed by atoms with E-state index in [4.69, 9.17) is 28.3 Å². The van der Waals surface area contributed by atoms with Gasteiger partial charge in [-0.05, 0) is 48.6 Å². The summed E-state index contributed by atoms with van der Waals surface area (Å²) in [4.78, 5) is 22.9. The first-order valence-corrected chi connectivity index (χ1v) is 7.25. The number of carbonyl (C=O) groups is 2. The molecule has 0 aliphatic rings. The maximum absolute atomic E-state index is 12.1. The topological polar surface area (TPSA) is 66.4 Å². The summed E-state index contributed by atoms with van der Waals surface area (Å²) in [5, 5.41) is 12.3. The molecule has 7 heteroatoms. The average molecular weight is 416 g/mol. The van der Waals surface area contributed by atoms with Crippen molar-refractivity contribution in [2.45, 2.75) is 19.9 Å². The zero-order chi connectivity index (χ0) is 14.7. The molecule has 1 aromatic carbocycles. The lowest BCUT2D eigenvalue weighted by Gasteiger charge is -2.18. The van der Waals surface area contributed by atoms with Crippen LogP contribution >= 0.6 is 45.8 Å². The van der Waals surface area contributed by atoms with E-state index in [1.165, 1.54) is 13.0 Å². The van der Waals surface area contributed by atoms with Gasteiger partial charge in [-0.25, -0.2) is 0 Å². The Bertz CT molecular complexity index is 522. The number of rotatable bonds is 4. The van der Waals surface area contributed by atoms with Crippen LogP contribution in [0.5, 0.6) is 0 Å². The van der Waals surface area contributed by atoms with Crippen LogP contribution in [0.15, 0.2) is 12.1 Å². The number of carboxylic acid groups (broad SMARTS) is 1. The predicted molar refractivity (Wildman–Crippen MR) is 82.9 cm³/mol. The highest BCUT2D eigenvalue weighted by atomic mass is 127. The van der Waals surface area contributed by atoms with Crippen molar-refractivity contribution in [3.05, 3.63) is 31.3 Å². The standard InChI is InChI=1S/C12H12Cl2INO3/c1-5(12(18)19)6(2)16-11(17)8-3-7(13)4-9(14)10(8)15/h3-6H,1-2H3,(H,16,17)(H,18,19). The lowest BCUT2D eigenvalue weighted by Crippen LogP contribution is -2.40.